The molecule has 1 fully saturated rings. The van der Waals surface area contributed by atoms with Gasteiger partial charge < -0.3 is 4.90 Å². The first kappa shape index (κ1) is 13.3. The third-order valence-electron chi connectivity index (χ3n) is 4.35. The number of hydrogen-bond donors (Lipinski definition) is 0. The Morgan fingerprint density at radius 1 is 1.38 bits per heavy atom. The summed E-state index contributed by atoms with van der Waals surface area (Å²) in [5.74, 6) is 0.652. The zero-order valence-corrected chi connectivity index (χ0v) is 13.0. The molecule has 0 N–H and O–H groups in total. The smallest absolute Gasteiger partial charge is 0.256 e. The van der Waals surface area contributed by atoms with Gasteiger partial charge in [-0.05, 0) is 48.3 Å². The third kappa shape index (κ3) is 2.27. The van der Waals surface area contributed by atoms with Crippen LogP contribution in [0.3, 0.4) is 0 Å². The van der Waals surface area contributed by atoms with E-state index in [0.29, 0.717) is 16.5 Å². The molecule has 1 amide bonds. The number of rotatable bonds is 2. The second kappa shape index (κ2) is 5.11. The van der Waals surface area contributed by atoms with Crippen LogP contribution in [0.2, 0.25) is 5.02 Å². The Labute approximate surface area is 132 Å². The molecular weight excluding hydrogens is 304 g/mol. The van der Waals surface area contributed by atoms with Gasteiger partial charge in [-0.1, -0.05) is 11.6 Å². The van der Waals surface area contributed by atoms with Gasteiger partial charge in [-0.15, -0.1) is 11.3 Å². The molecule has 2 aromatic heterocycles. The Bertz CT molecular complexity index is 695. The molecule has 0 radical (unpaired) electrons. The van der Waals surface area contributed by atoms with E-state index >= 15 is 0 Å². The number of halogens is 1. The minimum atomic E-state index is 0.0381. The van der Waals surface area contributed by atoms with Gasteiger partial charge in [-0.2, -0.15) is 0 Å². The van der Waals surface area contributed by atoms with E-state index in [2.05, 4.69) is 16.4 Å². The molecule has 4 rings (SSSR count). The normalized spacial score (nSPS) is 21.2. The number of amides is 1. The molecule has 5 heteroatoms. The van der Waals surface area contributed by atoms with Crippen molar-refractivity contribution in [2.24, 2.45) is 5.92 Å². The fourth-order valence-electron chi connectivity index (χ4n) is 3.20. The maximum absolute atomic E-state index is 12.9. The summed E-state index contributed by atoms with van der Waals surface area (Å²) in [4.78, 5) is 20.3. The van der Waals surface area contributed by atoms with Crippen molar-refractivity contribution in [3.05, 3.63) is 50.9 Å². The third-order valence-corrected chi connectivity index (χ3v) is 5.64. The van der Waals surface area contributed by atoms with E-state index in [1.54, 1.807) is 18.5 Å². The first-order chi connectivity index (χ1) is 10.3. The van der Waals surface area contributed by atoms with Gasteiger partial charge in [0, 0.05) is 23.8 Å². The summed E-state index contributed by atoms with van der Waals surface area (Å²) in [6.45, 7) is 0.784. The monoisotopic (exact) mass is 318 g/mol. The highest BCUT2D eigenvalue weighted by Crippen LogP contribution is 2.48. The van der Waals surface area contributed by atoms with Crippen molar-refractivity contribution < 1.29 is 4.79 Å². The quantitative estimate of drug-likeness (QED) is 0.840. The average molecular weight is 319 g/mol. The van der Waals surface area contributed by atoms with Gasteiger partial charge in [0.2, 0.25) is 0 Å². The molecule has 1 aliphatic heterocycles. The predicted octanol–water partition coefficient (Wildman–Crippen LogP) is 3.95. The standard InChI is InChI=1S/C16H15ClN2OS/c17-13-9-18-6-3-11(13)16(20)19-7-4-14-12(5-8-21-14)15(19)10-1-2-10/h3,5-6,8-10,15H,1-2,4,7H2. The van der Waals surface area contributed by atoms with Crippen molar-refractivity contribution in [1.29, 1.82) is 0 Å². The minimum absolute atomic E-state index is 0.0381. The summed E-state index contributed by atoms with van der Waals surface area (Å²) in [5, 5.41) is 2.58. The highest BCUT2D eigenvalue weighted by atomic mass is 35.5. The molecule has 21 heavy (non-hydrogen) atoms. The average Bonchev–Trinajstić information content (AvgIpc) is 3.22. The molecule has 3 heterocycles. The molecule has 0 spiro atoms. The van der Waals surface area contributed by atoms with Crippen LogP contribution in [0.15, 0.2) is 29.9 Å². The number of carbonyl (C=O) groups excluding carboxylic acids is 1. The van der Waals surface area contributed by atoms with Crippen LogP contribution in [0.1, 0.15) is 39.7 Å². The molecule has 1 atom stereocenters. The predicted molar refractivity (Wildman–Crippen MR) is 83.8 cm³/mol. The van der Waals surface area contributed by atoms with Crippen LogP contribution in [0.5, 0.6) is 0 Å². The van der Waals surface area contributed by atoms with Gasteiger partial charge in [0.1, 0.15) is 0 Å². The maximum Gasteiger partial charge on any atom is 0.256 e. The van der Waals surface area contributed by atoms with Gasteiger partial charge in [0.25, 0.3) is 5.91 Å². The van der Waals surface area contributed by atoms with E-state index in [1.165, 1.54) is 23.3 Å². The largest absolute Gasteiger partial charge is 0.331 e. The number of carbonyl (C=O) groups is 1. The van der Waals surface area contributed by atoms with Crippen LogP contribution in [-0.4, -0.2) is 22.3 Å². The van der Waals surface area contributed by atoms with Crippen LogP contribution >= 0.6 is 22.9 Å². The highest BCUT2D eigenvalue weighted by molar-refractivity contribution is 7.10. The summed E-state index contributed by atoms with van der Waals surface area (Å²) in [6.07, 6.45) is 6.55. The Morgan fingerprint density at radius 2 is 2.24 bits per heavy atom. The second-order valence-corrected chi connectivity index (χ2v) is 7.09. The van der Waals surface area contributed by atoms with Crippen molar-refractivity contribution in [1.82, 2.24) is 9.88 Å². The van der Waals surface area contributed by atoms with E-state index in [9.17, 15) is 4.79 Å². The van der Waals surface area contributed by atoms with E-state index in [0.717, 1.165) is 13.0 Å². The van der Waals surface area contributed by atoms with Gasteiger partial charge in [0.15, 0.2) is 0 Å². The topological polar surface area (TPSA) is 33.2 Å². The number of aromatic nitrogens is 1. The van der Waals surface area contributed by atoms with Crippen LogP contribution < -0.4 is 0 Å². The lowest BCUT2D eigenvalue weighted by Gasteiger charge is -2.36. The Balaban J connectivity index is 1.71. The van der Waals surface area contributed by atoms with Gasteiger partial charge in [-0.25, -0.2) is 0 Å². The lowest BCUT2D eigenvalue weighted by Crippen LogP contribution is -2.40. The van der Waals surface area contributed by atoms with Crippen LogP contribution in [-0.2, 0) is 6.42 Å². The van der Waals surface area contributed by atoms with Gasteiger partial charge >= 0.3 is 0 Å². The van der Waals surface area contributed by atoms with Crippen molar-refractivity contribution >= 4 is 28.8 Å². The zero-order chi connectivity index (χ0) is 14.4. The van der Waals surface area contributed by atoms with Gasteiger partial charge in [-0.3, -0.25) is 9.78 Å². The first-order valence-electron chi connectivity index (χ1n) is 7.22. The molecule has 0 aromatic carbocycles. The molecular formula is C16H15ClN2OS. The van der Waals surface area contributed by atoms with Crippen LogP contribution in [0.4, 0.5) is 0 Å². The lowest BCUT2D eigenvalue weighted by molar-refractivity contribution is 0.0637. The number of nitrogens with zero attached hydrogens (tertiary/aromatic N) is 2. The number of thiophene rings is 1. The van der Waals surface area contributed by atoms with Crippen molar-refractivity contribution in [3.63, 3.8) is 0 Å². The lowest BCUT2D eigenvalue weighted by atomic mass is 9.95. The Hall–Kier alpha value is -1.39. The molecule has 108 valence electrons. The van der Waals surface area contributed by atoms with E-state index in [1.807, 2.05) is 16.2 Å². The second-order valence-electron chi connectivity index (χ2n) is 5.69. The number of fused-ring (bicyclic) bond motifs is 1. The fourth-order valence-corrected chi connectivity index (χ4v) is 4.31. The molecule has 1 saturated carbocycles. The number of hydrogen-bond acceptors (Lipinski definition) is 3. The molecule has 3 nitrogen and oxygen atoms in total. The summed E-state index contributed by atoms with van der Waals surface area (Å²) >= 11 is 7.97. The molecule has 2 aromatic rings. The first-order valence-corrected chi connectivity index (χ1v) is 8.48. The van der Waals surface area contributed by atoms with E-state index < -0.39 is 0 Å². The molecule has 1 unspecified atom stereocenters. The van der Waals surface area contributed by atoms with E-state index in [-0.39, 0.29) is 11.9 Å². The number of pyridine rings is 1. The highest BCUT2D eigenvalue weighted by Gasteiger charge is 2.42. The summed E-state index contributed by atoms with van der Waals surface area (Å²) < 4.78 is 0. The van der Waals surface area contributed by atoms with Crippen LogP contribution in [0.25, 0.3) is 0 Å². The Kier molecular flexibility index (Phi) is 3.23. The molecule has 2 aliphatic rings. The fraction of sp³-hybridized carbons (Fsp3) is 0.375. The molecule has 0 bridgehead atoms. The minimum Gasteiger partial charge on any atom is -0.331 e. The van der Waals surface area contributed by atoms with E-state index in [4.69, 9.17) is 11.6 Å². The summed E-state index contributed by atoms with van der Waals surface area (Å²) in [5.41, 5.74) is 1.92. The van der Waals surface area contributed by atoms with Gasteiger partial charge in [0.05, 0.1) is 16.6 Å². The van der Waals surface area contributed by atoms with Crippen molar-refractivity contribution in [2.75, 3.05) is 6.54 Å². The zero-order valence-electron chi connectivity index (χ0n) is 11.5. The SMILES string of the molecule is O=C(c1ccncc1Cl)N1CCc2sccc2C1C1CC1. The summed E-state index contributed by atoms with van der Waals surface area (Å²) in [6, 6.07) is 4.14. The van der Waals surface area contributed by atoms with Crippen molar-refractivity contribution in [2.45, 2.75) is 25.3 Å². The molecule has 0 saturated heterocycles. The maximum atomic E-state index is 12.9. The van der Waals surface area contributed by atoms with Crippen molar-refractivity contribution in [3.8, 4) is 0 Å². The molecule has 1 aliphatic carbocycles. The summed E-state index contributed by atoms with van der Waals surface area (Å²) in [7, 11) is 0. The Morgan fingerprint density at radius 3 is 3.00 bits per heavy atom. The van der Waals surface area contributed by atoms with Crippen LogP contribution in [0, 0.1) is 5.92 Å².